The number of fused-ring (bicyclic) bond motifs is 2. The first-order valence-corrected chi connectivity index (χ1v) is 11.6. The summed E-state index contributed by atoms with van der Waals surface area (Å²) < 4.78 is 1.81. The highest BCUT2D eigenvalue weighted by atomic mass is 16.2. The number of nitrogens with one attached hydrogen (secondary N) is 2. The van der Waals surface area contributed by atoms with E-state index in [2.05, 4.69) is 10.6 Å². The molecular formula is C27H21N5O4. The number of anilines is 1. The summed E-state index contributed by atoms with van der Waals surface area (Å²) in [7, 11) is 0. The minimum absolute atomic E-state index is 0.202. The van der Waals surface area contributed by atoms with Crippen LogP contribution in [0.25, 0.3) is 16.9 Å². The van der Waals surface area contributed by atoms with E-state index in [9.17, 15) is 19.2 Å². The van der Waals surface area contributed by atoms with Crippen molar-refractivity contribution in [2.45, 2.75) is 25.4 Å². The smallest absolute Gasteiger partial charge is 0.256 e. The number of imide groups is 1. The summed E-state index contributed by atoms with van der Waals surface area (Å²) in [5.41, 5.74) is 3.77. The lowest BCUT2D eigenvalue weighted by Gasteiger charge is -2.29. The fourth-order valence-electron chi connectivity index (χ4n) is 4.81. The Morgan fingerprint density at radius 3 is 2.61 bits per heavy atom. The van der Waals surface area contributed by atoms with Crippen molar-refractivity contribution in [3.05, 3.63) is 89.6 Å². The molecule has 4 heterocycles. The molecule has 2 aromatic carbocycles. The Hall–Kier alpha value is -4.79. The average Bonchev–Trinajstić information content (AvgIpc) is 3.42. The third-order valence-electron chi connectivity index (χ3n) is 6.59. The number of benzene rings is 2. The van der Waals surface area contributed by atoms with E-state index >= 15 is 0 Å². The summed E-state index contributed by atoms with van der Waals surface area (Å²) >= 11 is 0. The Balaban J connectivity index is 1.36. The molecule has 1 atom stereocenters. The lowest BCUT2D eigenvalue weighted by atomic mass is 10.0. The number of aromatic nitrogens is 2. The maximum atomic E-state index is 13.1. The van der Waals surface area contributed by atoms with Gasteiger partial charge in [-0.05, 0) is 48.4 Å². The Morgan fingerprint density at radius 2 is 1.81 bits per heavy atom. The zero-order chi connectivity index (χ0) is 24.8. The fraction of sp³-hybridized carbons (Fsp3) is 0.148. The first-order chi connectivity index (χ1) is 17.5. The van der Waals surface area contributed by atoms with Crippen LogP contribution in [-0.2, 0) is 16.1 Å². The van der Waals surface area contributed by atoms with Gasteiger partial charge in [-0.25, -0.2) is 4.98 Å². The monoisotopic (exact) mass is 479 g/mol. The molecule has 0 saturated carbocycles. The largest absolute Gasteiger partial charge is 0.322 e. The topological polar surface area (TPSA) is 113 Å². The van der Waals surface area contributed by atoms with Crippen LogP contribution in [0.15, 0.2) is 72.9 Å². The second-order valence-corrected chi connectivity index (χ2v) is 8.83. The Labute approximate surface area is 205 Å². The van der Waals surface area contributed by atoms with Crippen LogP contribution in [-0.4, -0.2) is 44.0 Å². The van der Waals surface area contributed by atoms with E-state index in [0.29, 0.717) is 34.7 Å². The van der Waals surface area contributed by atoms with Gasteiger partial charge in [0, 0.05) is 35.9 Å². The first-order valence-electron chi connectivity index (χ1n) is 11.6. The highest BCUT2D eigenvalue weighted by Crippen LogP contribution is 2.34. The number of nitrogens with zero attached hydrogens (tertiary/aromatic N) is 3. The van der Waals surface area contributed by atoms with Crippen LogP contribution in [0.2, 0.25) is 0 Å². The van der Waals surface area contributed by atoms with Crippen LogP contribution in [0.1, 0.15) is 39.1 Å². The molecule has 9 heteroatoms. The number of amides is 4. The van der Waals surface area contributed by atoms with E-state index in [0.717, 1.165) is 11.1 Å². The van der Waals surface area contributed by atoms with Crippen LogP contribution >= 0.6 is 0 Å². The number of carbonyl (C=O) groups is 4. The molecule has 0 radical (unpaired) electrons. The van der Waals surface area contributed by atoms with Crippen molar-refractivity contribution in [1.29, 1.82) is 0 Å². The van der Waals surface area contributed by atoms with Gasteiger partial charge < -0.3 is 10.2 Å². The van der Waals surface area contributed by atoms with Gasteiger partial charge in [-0.15, -0.1) is 0 Å². The summed E-state index contributed by atoms with van der Waals surface area (Å²) in [6, 6.07) is 19.2. The molecule has 4 aromatic rings. The lowest BCUT2D eigenvalue weighted by Crippen LogP contribution is -2.52. The number of hydrogen-bond acceptors (Lipinski definition) is 5. The molecule has 2 N–H and O–H groups in total. The molecule has 1 unspecified atom stereocenters. The predicted molar refractivity (Wildman–Crippen MR) is 131 cm³/mol. The van der Waals surface area contributed by atoms with E-state index in [-0.39, 0.29) is 30.7 Å². The predicted octanol–water partition coefficient (Wildman–Crippen LogP) is 3.01. The maximum absolute atomic E-state index is 13.1. The number of piperidine rings is 1. The Morgan fingerprint density at radius 1 is 1.00 bits per heavy atom. The highest BCUT2D eigenvalue weighted by molar-refractivity contribution is 6.07. The number of carbonyl (C=O) groups excluding carboxylic acids is 4. The van der Waals surface area contributed by atoms with E-state index in [1.165, 1.54) is 4.90 Å². The minimum Gasteiger partial charge on any atom is -0.322 e. The summed E-state index contributed by atoms with van der Waals surface area (Å²) in [6.45, 7) is 0.257. The van der Waals surface area contributed by atoms with Crippen LogP contribution in [0.3, 0.4) is 0 Å². The fourth-order valence-corrected chi connectivity index (χ4v) is 4.81. The van der Waals surface area contributed by atoms with Gasteiger partial charge in [-0.1, -0.05) is 30.3 Å². The Kier molecular flexibility index (Phi) is 5.10. The van der Waals surface area contributed by atoms with Gasteiger partial charge in [-0.3, -0.25) is 28.9 Å². The summed E-state index contributed by atoms with van der Waals surface area (Å²) in [5.74, 6) is -0.745. The van der Waals surface area contributed by atoms with Crippen LogP contribution < -0.4 is 10.6 Å². The summed E-state index contributed by atoms with van der Waals surface area (Å²) in [6.07, 6.45) is 2.33. The molecule has 0 aliphatic carbocycles. The van der Waals surface area contributed by atoms with Gasteiger partial charge >= 0.3 is 0 Å². The normalized spacial score (nSPS) is 17.3. The van der Waals surface area contributed by atoms with Crippen molar-refractivity contribution in [2.24, 2.45) is 0 Å². The van der Waals surface area contributed by atoms with Gasteiger partial charge in [0.25, 0.3) is 11.8 Å². The Bertz CT molecular complexity index is 1560. The molecule has 1 fully saturated rings. The third kappa shape index (κ3) is 3.61. The molecule has 0 bridgehead atoms. The summed E-state index contributed by atoms with van der Waals surface area (Å²) in [5, 5.41) is 5.31. The van der Waals surface area contributed by atoms with E-state index in [1.54, 1.807) is 36.4 Å². The number of rotatable bonds is 4. The maximum Gasteiger partial charge on any atom is 0.256 e. The van der Waals surface area contributed by atoms with Crippen molar-refractivity contribution in [3.63, 3.8) is 0 Å². The van der Waals surface area contributed by atoms with Crippen molar-refractivity contribution in [2.75, 3.05) is 5.32 Å². The van der Waals surface area contributed by atoms with E-state index < -0.39 is 11.9 Å². The van der Waals surface area contributed by atoms with Crippen molar-refractivity contribution in [3.8, 4) is 11.3 Å². The zero-order valence-electron chi connectivity index (χ0n) is 19.1. The van der Waals surface area contributed by atoms with Gasteiger partial charge in [0.1, 0.15) is 23.2 Å². The molecule has 0 spiro atoms. The standard InChI is InChI=1S/C27H21N5O4/c33-22-12-11-20(26(35)29-22)32-15-18-14-17(9-10-19(18)27(32)36)23-24(31-13-5-4-8-21(31)28-23)30-25(34)16-6-2-1-3-7-16/h1-10,13-14,20H,11-12,15H2,(H,30,34)(H,29,33,35). The quantitative estimate of drug-likeness (QED) is 0.437. The number of hydrogen-bond donors (Lipinski definition) is 2. The van der Waals surface area contributed by atoms with Crippen LogP contribution in [0.5, 0.6) is 0 Å². The van der Waals surface area contributed by atoms with E-state index in [4.69, 9.17) is 4.98 Å². The second-order valence-electron chi connectivity index (χ2n) is 8.83. The van der Waals surface area contributed by atoms with Gasteiger partial charge in [0.15, 0.2) is 0 Å². The molecule has 2 aliphatic heterocycles. The zero-order valence-corrected chi connectivity index (χ0v) is 19.1. The molecular weight excluding hydrogens is 458 g/mol. The molecule has 2 aliphatic rings. The number of pyridine rings is 1. The molecule has 2 aromatic heterocycles. The van der Waals surface area contributed by atoms with Crippen LogP contribution in [0, 0.1) is 0 Å². The molecule has 9 nitrogen and oxygen atoms in total. The van der Waals surface area contributed by atoms with Crippen molar-refractivity contribution < 1.29 is 19.2 Å². The van der Waals surface area contributed by atoms with E-state index in [1.807, 2.05) is 40.9 Å². The van der Waals surface area contributed by atoms with Crippen molar-refractivity contribution in [1.82, 2.24) is 19.6 Å². The second kappa shape index (κ2) is 8.46. The third-order valence-corrected chi connectivity index (χ3v) is 6.59. The van der Waals surface area contributed by atoms with Gasteiger partial charge in [0.2, 0.25) is 11.8 Å². The molecule has 178 valence electrons. The number of imidazole rings is 1. The summed E-state index contributed by atoms with van der Waals surface area (Å²) in [4.78, 5) is 56.2. The first kappa shape index (κ1) is 21.7. The minimum atomic E-state index is -0.679. The molecule has 1 saturated heterocycles. The molecule has 6 rings (SSSR count). The molecule has 4 amide bonds. The average molecular weight is 479 g/mol. The van der Waals surface area contributed by atoms with Crippen molar-refractivity contribution >= 4 is 35.1 Å². The molecule has 36 heavy (non-hydrogen) atoms. The van der Waals surface area contributed by atoms with Gasteiger partial charge in [0.05, 0.1) is 0 Å². The highest BCUT2D eigenvalue weighted by Gasteiger charge is 2.39. The van der Waals surface area contributed by atoms with Gasteiger partial charge in [-0.2, -0.15) is 0 Å². The SMILES string of the molecule is O=C1CCC(N2Cc3cc(-c4nc5ccccn5c4NC(=O)c4ccccc4)ccc3C2=O)C(=O)N1. The lowest BCUT2D eigenvalue weighted by molar-refractivity contribution is -0.136. The van der Waals surface area contributed by atoms with Crippen LogP contribution in [0.4, 0.5) is 5.82 Å².